The summed E-state index contributed by atoms with van der Waals surface area (Å²) in [6.07, 6.45) is 2.40. The topological polar surface area (TPSA) is 35.6 Å². The Morgan fingerprint density at radius 2 is 2.10 bits per heavy atom. The number of fused-ring (bicyclic) bond motifs is 2. The molecule has 0 radical (unpaired) electrons. The van der Waals surface area contributed by atoms with Crippen molar-refractivity contribution in [2.45, 2.75) is 18.9 Å². The van der Waals surface area contributed by atoms with Gasteiger partial charge in [0.05, 0.1) is 10.7 Å². The molecule has 2 bridgehead atoms. The molecular formula is C16H22ClN3O. The van der Waals surface area contributed by atoms with E-state index in [9.17, 15) is 4.79 Å². The number of amides is 1. The van der Waals surface area contributed by atoms with Crippen LogP contribution in [0.4, 0.5) is 5.69 Å². The van der Waals surface area contributed by atoms with E-state index >= 15 is 0 Å². The summed E-state index contributed by atoms with van der Waals surface area (Å²) in [4.78, 5) is 16.2. The van der Waals surface area contributed by atoms with Gasteiger partial charge in [0.2, 0.25) is 0 Å². The molecule has 3 unspecified atom stereocenters. The highest BCUT2D eigenvalue weighted by Gasteiger charge is 2.34. The first-order valence-corrected chi connectivity index (χ1v) is 7.92. The van der Waals surface area contributed by atoms with Crippen LogP contribution in [-0.2, 0) is 0 Å². The predicted octanol–water partition coefficient (Wildman–Crippen LogP) is 2.55. The largest absolute Gasteiger partial charge is 0.381 e. The number of nitrogens with zero attached hydrogens (tertiary/aromatic N) is 2. The highest BCUT2D eigenvalue weighted by atomic mass is 35.5. The first-order chi connectivity index (χ1) is 10.0. The number of halogens is 1. The Hall–Kier alpha value is -1.26. The molecule has 5 heteroatoms. The lowest BCUT2D eigenvalue weighted by atomic mass is 9.94. The molecule has 2 fully saturated rings. The van der Waals surface area contributed by atoms with E-state index in [1.807, 2.05) is 12.1 Å². The van der Waals surface area contributed by atoms with Crippen molar-refractivity contribution in [1.29, 1.82) is 0 Å². The maximum atomic E-state index is 12.1. The summed E-state index contributed by atoms with van der Waals surface area (Å²) >= 11 is 6.30. The first-order valence-electron chi connectivity index (χ1n) is 7.54. The van der Waals surface area contributed by atoms with Gasteiger partial charge < -0.3 is 15.1 Å². The monoisotopic (exact) mass is 307 g/mol. The van der Waals surface area contributed by atoms with Crippen molar-refractivity contribution < 1.29 is 4.79 Å². The number of piperidine rings is 1. The lowest BCUT2D eigenvalue weighted by Gasteiger charge is -2.32. The minimum Gasteiger partial charge on any atom is -0.381 e. The van der Waals surface area contributed by atoms with Crippen molar-refractivity contribution >= 4 is 23.2 Å². The van der Waals surface area contributed by atoms with Crippen molar-refractivity contribution in [1.82, 2.24) is 9.80 Å². The summed E-state index contributed by atoms with van der Waals surface area (Å²) in [6.45, 7) is 3.56. The summed E-state index contributed by atoms with van der Waals surface area (Å²) in [5.41, 5.74) is 1.56. The van der Waals surface area contributed by atoms with Crippen molar-refractivity contribution in [2.24, 2.45) is 5.92 Å². The Labute approximate surface area is 131 Å². The predicted molar refractivity (Wildman–Crippen MR) is 86.0 cm³/mol. The van der Waals surface area contributed by atoms with Crippen LogP contribution in [0.25, 0.3) is 0 Å². The molecule has 2 aliphatic rings. The molecule has 1 N–H and O–H groups in total. The molecule has 2 heterocycles. The van der Waals surface area contributed by atoms with Crippen LogP contribution in [0.1, 0.15) is 23.2 Å². The second-order valence-electron chi connectivity index (χ2n) is 6.28. The Morgan fingerprint density at radius 3 is 2.86 bits per heavy atom. The van der Waals surface area contributed by atoms with E-state index < -0.39 is 0 Å². The second-order valence-corrected chi connectivity index (χ2v) is 6.69. The molecule has 2 saturated heterocycles. The fraction of sp³-hybridized carbons (Fsp3) is 0.562. The first kappa shape index (κ1) is 14.7. The van der Waals surface area contributed by atoms with Gasteiger partial charge in [-0.3, -0.25) is 4.79 Å². The SMILES string of the molecule is CN(C)C(=O)c1ccc(Cl)c(NC2CCN3CCC2C3)c1. The standard InChI is InChI=1S/C16H22ClN3O/c1-19(2)16(21)11-3-4-13(17)15(9-11)18-14-6-8-20-7-5-12(14)10-20/h3-4,9,12,14,18H,5-8,10H2,1-2H3. The van der Waals surface area contributed by atoms with Gasteiger partial charge in [-0.1, -0.05) is 11.6 Å². The Morgan fingerprint density at radius 1 is 1.33 bits per heavy atom. The molecule has 1 aromatic carbocycles. The number of carbonyl (C=O) groups excluding carboxylic acids is 1. The molecule has 4 nitrogen and oxygen atoms in total. The number of carbonyl (C=O) groups is 1. The zero-order chi connectivity index (χ0) is 15.0. The van der Waals surface area contributed by atoms with Gasteiger partial charge >= 0.3 is 0 Å². The van der Waals surface area contributed by atoms with Crippen molar-refractivity contribution in [2.75, 3.05) is 39.0 Å². The van der Waals surface area contributed by atoms with Crippen LogP contribution >= 0.6 is 11.6 Å². The number of hydrogen-bond acceptors (Lipinski definition) is 3. The number of nitrogens with one attached hydrogen (secondary N) is 1. The molecule has 0 spiro atoms. The van der Waals surface area contributed by atoms with Crippen LogP contribution in [0.5, 0.6) is 0 Å². The average molecular weight is 308 g/mol. The van der Waals surface area contributed by atoms with Crippen molar-refractivity contribution in [3.8, 4) is 0 Å². The van der Waals surface area contributed by atoms with E-state index in [2.05, 4.69) is 10.2 Å². The third-order valence-corrected chi connectivity index (χ3v) is 4.92. The fourth-order valence-electron chi connectivity index (χ4n) is 3.37. The van der Waals surface area contributed by atoms with Gasteiger partial charge in [-0.05, 0) is 43.5 Å². The third-order valence-electron chi connectivity index (χ3n) is 4.59. The molecule has 0 aliphatic carbocycles. The molecule has 1 amide bonds. The lowest BCUT2D eigenvalue weighted by molar-refractivity contribution is 0.0827. The fourth-order valence-corrected chi connectivity index (χ4v) is 3.54. The van der Waals surface area contributed by atoms with Crippen LogP contribution in [-0.4, -0.2) is 55.5 Å². The number of hydrogen-bond donors (Lipinski definition) is 1. The van der Waals surface area contributed by atoms with Gasteiger partial charge in [0.25, 0.3) is 5.91 Å². The molecular weight excluding hydrogens is 286 g/mol. The van der Waals surface area contributed by atoms with Crippen molar-refractivity contribution in [3.63, 3.8) is 0 Å². The molecule has 2 aliphatic heterocycles. The molecule has 0 aromatic heterocycles. The van der Waals surface area contributed by atoms with E-state index in [4.69, 9.17) is 11.6 Å². The van der Waals surface area contributed by atoms with E-state index in [-0.39, 0.29) is 5.91 Å². The number of benzene rings is 1. The normalized spacial score (nSPS) is 27.5. The van der Waals surface area contributed by atoms with Gasteiger partial charge in [0, 0.05) is 38.8 Å². The molecule has 1 aromatic rings. The van der Waals surface area contributed by atoms with Gasteiger partial charge in [-0.25, -0.2) is 0 Å². The number of rotatable bonds is 3. The lowest BCUT2D eigenvalue weighted by Crippen LogP contribution is -2.39. The van der Waals surface area contributed by atoms with Crippen LogP contribution in [0.2, 0.25) is 5.02 Å². The van der Waals surface area contributed by atoms with Gasteiger partial charge in [-0.15, -0.1) is 0 Å². The molecule has 3 atom stereocenters. The molecule has 114 valence electrons. The van der Waals surface area contributed by atoms with E-state index in [1.165, 1.54) is 19.5 Å². The zero-order valence-electron chi connectivity index (χ0n) is 12.6. The summed E-state index contributed by atoms with van der Waals surface area (Å²) in [6, 6.07) is 5.94. The quantitative estimate of drug-likeness (QED) is 0.932. The minimum atomic E-state index is 0.00500. The smallest absolute Gasteiger partial charge is 0.253 e. The Bertz CT molecular complexity index is 546. The molecule has 0 saturated carbocycles. The maximum Gasteiger partial charge on any atom is 0.253 e. The van der Waals surface area contributed by atoms with Crippen LogP contribution in [0, 0.1) is 5.92 Å². The van der Waals surface area contributed by atoms with Crippen LogP contribution in [0.15, 0.2) is 18.2 Å². The van der Waals surface area contributed by atoms with Gasteiger partial charge in [0.1, 0.15) is 0 Å². The van der Waals surface area contributed by atoms with Crippen LogP contribution < -0.4 is 5.32 Å². The van der Waals surface area contributed by atoms with Crippen LogP contribution in [0.3, 0.4) is 0 Å². The summed E-state index contributed by atoms with van der Waals surface area (Å²) in [5.74, 6) is 0.702. The van der Waals surface area contributed by atoms with Gasteiger partial charge in [-0.2, -0.15) is 0 Å². The summed E-state index contributed by atoms with van der Waals surface area (Å²) in [7, 11) is 3.52. The number of anilines is 1. The molecule has 21 heavy (non-hydrogen) atoms. The highest BCUT2D eigenvalue weighted by Crippen LogP contribution is 2.32. The van der Waals surface area contributed by atoms with E-state index in [1.54, 1.807) is 25.1 Å². The summed E-state index contributed by atoms with van der Waals surface area (Å²) in [5, 5.41) is 4.27. The maximum absolute atomic E-state index is 12.1. The average Bonchev–Trinajstić information content (AvgIpc) is 2.86. The summed E-state index contributed by atoms with van der Waals surface area (Å²) < 4.78 is 0. The Kier molecular flexibility index (Phi) is 4.09. The highest BCUT2D eigenvalue weighted by molar-refractivity contribution is 6.33. The zero-order valence-corrected chi connectivity index (χ0v) is 13.4. The van der Waals surface area contributed by atoms with Crippen molar-refractivity contribution in [3.05, 3.63) is 28.8 Å². The minimum absolute atomic E-state index is 0.00500. The third kappa shape index (κ3) is 3.01. The second kappa shape index (κ2) is 5.85. The molecule has 3 rings (SSSR count). The van der Waals surface area contributed by atoms with E-state index in [0.717, 1.165) is 18.7 Å². The van der Waals surface area contributed by atoms with E-state index in [0.29, 0.717) is 22.5 Å². The van der Waals surface area contributed by atoms with Gasteiger partial charge in [0.15, 0.2) is 0 Å². The Balaban J connectivity index is 1.78.